The lowest BCUT2D eigenvalue weighted by atomic mass is 10.3. The summed E-state index contributed by atoms with van der Waals surface area (Å²) in [6.07, 6.45) is 1.21. The summed E-state index contributed by atoms with van der Waals surface area (Å²) in [7, 11) is 0. The van der Waals surface area contributed by atoms with E-state index in [0.29, 0.717) is 0 Å². The molecule has 10 heteroatoms. The first-order chi connectivity index (χ1) is 9.43. The Kier molecular flexibility index (Phi) is 5.59. The topological polar surface area (TPSA) is 148 Å². The lowest BCUT2D eigenvalue weighted by molar-refractivity contribution is -0.384. The molecule has 1 aromatic rings. The first kappa shape index (κ1) is 15.6. The van der Waals surface area contributed by atoms with Crippen LogP contribution in [0.3, 0.4) is 0 Å². The average molecular weight is 283 g/mol. The maximum atomic E-state index is 11.4. The third-order valence-electron chi connectivity index (χ3n) is 2.19. The number of rotatable bonds is 7. The van der Waals surface area contributed by atoms with E-state index in [2.05, 4.69) is 26.0 Å². The fraction of sp³-hybridized carbons (Fsp3) is 0.500. The number of hydrogen-bond acceptors (Lipinski definition) is 8. The van der Waals surface area contributed by atoms with Gasteiger partial charge in [-0.25, -0.2) is 10.8 Å². The van der Waals surface area contributed by atoms with Gasteiger partial charge in [0.1, 0.15) is 6.20 Å². The maximum absolute atomic E-state index is 11.4. The summed E-state index contributed by atoms with van der Waals surface area (Å²) in [5, 5.41) is 16.3. The molecule has 0 aromatic carbocycles. The number of nitrogens with two attached hydrogens (primary N) is 1. The second-order valence-corrected chi connectivity index (χ2v) is 4.23. The van der Waals surface area contributed by atoms with Crippen LogP contribution in [0.1, 0.15) is 20.3 Å². The standard InChI is InChI=1S/C10H17N7O3/c1-6(2)14-8(18)3-4-12-9-7(17(19)20)5-13-10(15-9)16-11/h5-6H,3-4,11H2,1-2H3,(H,14,18)(H2,12,13,15,16). The zero-order valence-corrected chi connectivity index (χ0v) is 11.2. The molecule has 0 aliphatic carbocycles. The second-order valence-electron chi connectivity index (χ2n) is 4.23. The monoisotopic (exact) mass is 283 g/mol. The predicted molar refractivity (Wildman–Crippen MR) is 72.9 cm³/mol. The quantitative estimate of drug-likeness (QED) is 0.310. The third kappa shape index (κ3) is 4.65. The smallest absolute Gasteiger partial charge is 0.329 e. The van der Waals surface area contributed by atoms with Crippen molar-refractivity contribution < 1.29 is 9.72 Å². The molecule has 0 spiro atoms. The molecule has 0 saturated carbocycles. The van der Waals surface area contributed by atoms with Crippen LogP contribution in [0.25, 0.3) is 0 Å². The highest BCUT2D eigenvalue weighted by Gasteiger charge is 2.17. The zero-order valence-electron chi connectivity index (χ0n) is 11.2. The average Bonchev–Trinajstić information content (AvgIpc) is 2.37. The number of nitro groups is 1. The number of carbonyl (C=O) groups is 1. The molecule has 0 saturated heterocycles. The first-order valence-corrected chi connectivity index (χ1v) is 5.95. The van der Waals surface area contributed by atoms with Gasteiger partial charge in [-0.3, -0.25) is 20.3 Å². The normalized spacial score (nSPS) is 10.2. The number of amides is 1. The first-order valence-electron chi connectivity index (χ1n) is 5.95. The van der Waals surface area contributed by atoms with Gasteiger partial charge in [0.25, 0.3) is 0 Å². The Hall–Kier alpha value is -2.49. The van der Waals surface area contributed by atoms with E-state index in [1.165, 1.54) is 0 Å². The number of carbonyl (C=O) groups excluding carboxylic acids is 1. The maximum Gasteiger partial charge on any atom is 0.329 e. The minimum Gasteiger partial charge on any atom is -0.364 e. The van der Waals surface area contributed by atoms with Gasteiger partial charge in [0.2, 0.25) is 17.7 Å². The van der Waals surface area contributed by atoms with Crippen molar-refractivity contribution >= 4 is 23.4 Å². The Bertz CT molecular complexity index is 492. The molecule has 0 atom stereocenters. The summed E-state index contributed by atoms with van der Waals surface area (Å²) < 4.78 is 0. The molecule has 0 fully saturated rings. The Morgan fingerprint density at radius 3 is 2.80 bits per heavy atom. The molecule has 0 radical (unpaired) electrons. The van der Waals surface area contributed by atoms with Gasteiger partial charge in [0, 0.05) is 19.0 Å². The third-order valence-corrected chi connectivity index (χ3v) is 2.19. The number of aromatic nitrogens is 2. The van der Waals surface area contributed by atoms with Crippen LogP contribution in [-0.2, 0) is 4.79 Å². The van der Waals surface area contributed by atoms with Gasteiger partial charge in [-0.1, -0.05) is 0 Å². The zero-order chi connectivity index (χ0) is 15.1. The van der Waals surface area contributed by atoms with Crippen LogP contribution in [0.4, 0.5) is 17.5 Å². The fourth-order valence-electron chi connectivity index (χ4n) is 1.40. The van der Waals surface area contributed by atoms with E-state index in [1.807, 2.05) is 13.8 Å². The molecule has 5 N–H and O–H groups in total. The van der Waals surface area contributed by atoms with Gasteiger partial charge >= 0.3 is 5.69 Å². The van der Waals surface area contributed by atoms with Crippen molar-refractivity contribution in [2.75, 3.05) is 17.3 Å². The van der Waals surface area contributed by atoms with Crippen molar-refractivity contribution in [2.24, 2.45) is 5.84 Å². The highest BCUT2D eigenvalue weighted by molar-refractivity contribution is 5.76. The van der Waals surface area contributed by atoms with Gasteiger partial charge in [-0.15, -0.1) is 0 Å². The molecular weight excluding hydrogens is 266 g/mol. The van der Waals surface area contributed by atoms with E-state index in [9.17, 15) is 14.9 Å². The SMILES string of the molecule is CC(C)NC(=O)CCNc1nc(NN)ncc1[N+](=O)[O-]. The van der Waals surface area contributed by atoms with E-state index >= 15 is 0 Å². The molecule has 0 unspecified atom stereocenters. The Balaban J connectivity index is 2.66. The summed E-state index contributed by atoms with van der Waals surface area (Å²) in [5.74, 6) is 5.04. The van der Waals surface area contributed by atoms with Crippen molar-refractivity contribution in [2.45, 2.75) is 26.3 Å². The van der Waals surface area contributed by atoms with Gasteiger partial charge in [-0.2, -0.15) is 4.98 Å². The van der Waals surface area contributed by atoms with E-state index in [1.54, 1.807) is 0 Å². The number of hydrazine groups is 1. The van der Waals surface area contributed by atoms with E-state index in [4.69, 9.17) is 5.84 Å². The predicted octanol–water partition coefficient (Wildman–Crippen LogP) is -0.00300. The van der Waals surface area contributed by atoms with E-state index in [-0.39, 0.29) is 42.4 Å². The molecule has 0 aliphatic heterocycles. The fourth-order valence-corrected chi connectivity index (χ4v) is 1.40. The molecule has 0 aliphatic rings. The van der Waals surface area contributed by atoms with Crippen LogP contribution in [0, 0.1) is 10.1 Å². The largest absolute Gasteiger partial charge is 0.364 e. The Labute approximate surface area is 115 Å². The van der Waals surface area contributed by atoms with Gasteiger partial charge in [0.15, 0.2) is 0 Å². The summed E-state index contributed by atoms with van der Waals surface area (Å²) in [4.78, 5) is 29.1. The highest BCUT2D eigenvalue weighted by atomic mass is 16.6. The number of hydrogen-bond donors (Lipinski definition) is 4. The van der Waals surface area contributed by atoms with Crippen LogP contribution in [0.5, 0.6) is 0 Å². The summed E-state index contributed by atoms with van der Waals surface area (Å²) in [6.45, 7) is 3.90. The Morgan fingerprint density at radius 2 is 2.25 bits per heavy atom. The van der Waals surface area contributed by atoms with Crippen LogP contribution < -0.4 is 21.9 Å². The number of anilines is 2. The minimum atomic E-state index is -0.614. The van der Waals surface area contributed by atoms with Crippen LogP contribution in [0.15, 0.2) is 6.20 Å². The second kappa shape index (κ2) is 7.19. The molecule has 10 nitrogen and oxygen atoms in total. The number of nitrogen functional groups attached to an aromatic ring is 1. The molecule has 1 amide bonds. The van der Waals surface area contributed by atoms with Crippen molar-refractivity contribution in [3.05, 3.63) is 16.3 Å². The summed E-state index contributed by atoms with van der Waals surface area (Å²) >= 11 is 0. The number of nitrogens with one attached hydrogen (secondary N) is 3. The molecule has 1 aromatic heterocycles. The minimum absolute atomic E-state index is 0.00953. The highest BCUT2D eigenvalue weighted by Crippen LogP contribution is 2.21. The van der Waals surface area contributed by atoms with Gasteiger partial charge < -0.3 is 10.6 Å². The molecule has 20 heavy (non-hydrogen) atoms. The summed E-state index contributed by atoms with van der Waals surface area (Å²) in [6, 6.07) is 0.0453. The molecule has 1 heterocycles. The van der Waals surface area contributed by atoms with Crippen LogP contribution in [0.2, 0.25) is 0 Å². The molecular formula is C10H17N7O3. The van der Waals surface area contributed by atoms with Gasteiger partial charge in [0.05, 0.1) is 4.92 Å². The molecule has 110 valence electrons. The van der Waals surface area contributed by atoms with Crippen molar-refractivity contribution in [1.29, 1.82) is 0 Å². The van der Waals surface area contributed by atoms with Gasteiger partial charge in [-0.05, 0) is 13.8 Å². The van der Waals surface area contributed by atoms with Crippen LogP contribution in [-0.4, -0.2) is 33.4 Å². The molecule has 1 rings (SSSR count). The van der Waals surface area contributed by atoms with E-state index in [0.717, 1.165) is 6.20 Å². The lowest BCUT2D eigenvalue weighted by Gasteiger charge is -2.09. The summed E-state index contributed by atoms with van der Waals surface area (Å²) in [5.41, 5.74) is 1.91. The van der Waals surface area contributed by atoms with E-state index < -0.39 is 4.92 Å². The van der Waals surface area contributed by atoms with Crippen molar-refractivity contribution in [3.8, 4) is 0 Å². The van der Waals surface area contributed by atoms with Crippen molar-refractivity contribution in [1.82, 2.24) is 15.3 Å². The lowest BCUT2D eigenvalue weighted by Crippen LogP contribution is -2.31. The van der Waals surface area contributed by atoms with Crippen molar-refractivity contribution in [3.63, 3.8) is 0 Å². The number of nitrogens with zero attached hydrogens (tertiary/aromatic N) is 3. The van der Waals surface area contributed by atoms with Crippen LogP contribution >= 0.6 is 0 Å². The Morgan fingerprint density at radius 1 is 1.55 bits per heavy atom. The molecule has 0 bridgehead atoms.